The highest BCUT2D eigenvalue weighted by atomic mass is 35.5. The molecule has 1 aromatic rings. The average Bonchev–Trinajstić information content (AvgIpc) is 2.45. The molecule has 0 aliphatic heterocycles. The molecule has 1 N–H and O–H groups in total. The molecule has 1 rings (SSSR count). The Morgan fingerprint density at radius 1 is 1.71 bits per heavy atom. The van der Waals surface area contributed by atoms with Crippen molar-refractivity contribution in [2.75, 3.05) is 11.3 Å². The van der Waals surface area contributed by atoms with E-state index in [0.717, 1.165) is 11.3 Å². The van der Waals surface area contributed by atoms with Gasteiger partial charge in [0.1, 0.15) is 11.9 Å². The second kappa shape index (κ2) is 4.16. The predicted molar refractivity (Wildman–Crippen MR) is 53.7 cm³/mol. The standard InChI is InChI=1S/C9H10ClN3O/c1-6-7(2)13(5-8(6)4-11)12-9(14)3-10/h5H,3H2,1-2H3,(H,12,14). The molecule has 0 saturated carbocycles. The molecule has 0 fully saturated rings. The van der Waals surface area contributed by atoms with Gasteiger partial charge >= 0.3 is 0 Å². The fourth-order valence-corrected chi connectivity index (χ4v) is 1.15. The molecule has 0 spiro atoms. The Hall–Kier alpha value is -1.47. The first-order chi connectivity index (χ1) is 6.60. The number of carbonyl (C=O) groups is 1. The average molecular weight is 212 g/mol. The van der Waals surface area contributed by atoms with Crippen molar-refractivity contribution in [3.05, 3.63) is 23.0 Å². The lowest BCUT2D eigenvalue weighted by atomic mass is 10.2. The van der Waals surface area contributed by atoms with Crippen molar-refractivity contribution in [3.63, 3.8) is 0 Å². The summed E-state index contributed by atoms with van der Waals surface area (Å²) < 4.78 is 1.51. The molecule has 0 aliphatic rings. The number of hydrogen-bond acceptors (Lipinski definition) is 2. The summed E-state index contributed by atoms with van der Waals surface area (Å²) in [6.45, 7) is 3.65. The number of nitrogens with one attached hydrogen (secondary N) is 1. The second-order valence-corrected chi connectivity index (χ2v) is 3.17. The fraction of sp³-hybridized carbons (Fsp3) is 0.333. The zero-order valence-corrected chi connectivity index (χ0v) is 8.72. The van der Waals surface area contributed by atoms with Crippen molar-refractivity contribution in [1.29, 1.82) is 5.26 Å². The highest BCUT2D eigenvalue weighted by Gasteiger charge is 2.09. The summed E-state index contributed by atoms with van der Waals surface area (Å²) in [5, 5.41) is 8.75. The molecule has 0 bridgehead atoms. The van der Waals surface area contributed by atoms with Gasteiger partial charge in [-0.25, -0.2) is 0 Å². The summed E-state index contributed by atoms with van der Waals surface area (Å²) in [6.07, 6.45) is 1.58. The van der Waals surface area contributed by atoms with E-state index in [4.69, 9.17) is 16.9 Å². The molecule has 5 heteroatoms. The molecular formula is C9H10ClN3O. The van der Waals surface area contributed by atoms with E-state index in [1.165, 1.54) is 4.68 Å². The zero-order valence-electron chi connectivity index (χ0n) is 7.97. The van der Waals surface area contributed by atoms with Gasteiger partial charge in [-0.15, -0.1) is 11.6 Å². The van der Waals surface area contributed by atoms with Crippen LogP contribution in [-0.4, -0.2) is 16.5 Å². The molecule has 74 valence electrons. The number of carbonyl (C=O) groups excluding carboxylic acids is 1. The van der Waals surface area contributed by atoms with Crippen molar-refractivity contribution in [2.45, 2.75) is 13.8 Å². The number of nitrogens with zero attached hydrogens (tertiary/aromatic N) is 2. The SMILES string of the molecule is Cc1c(C#N)cn(NC(=O)CCl)c1C. The van der Waals surface area contributed by atoms with E-state index < -0.39 is 0 Å². The van der Waals surface area contributed by atoms with Gasteiger partial charge in [-0.1, -0.05) is 0 Å². The molecule has 4 nitrogen and oxygen atoms in total. The van der Waals surface area contributed by atoms with Crippen LogP contribution in [0, 0.1) is 25.2 Å². The minimum absolute atomic E-state index is 0.0987. The maximum Gasteiger partial charge on any atom is 0.253 e. The minimum Gasteiger partial charge on any atom is -0.272 e. The van der Waals surface area contributed by atoms with Crippen LogP contribution in [-0.2, 0) is 4.79 Å². The normalized spacial score (nSPS) is 9.57. The van der Waals surface area contributed by atoms with Crippen LogP contribution < -0.4 is 5.43 Å². The Balaban J connectivity index is 3.00. The number of alkyl halides is 1. The Bertz CT molecular complexity index is 403. The van der Waals surface area contributed by atoms with Crippen molar-refractivity contribution in [3.8, 4) is 6.07 Å². The first-order valence-corrected chi connectivity index (χ1v) is 4.58. The van der Waals surface area contributed by atoms with E-state index >= 15 is 0 Å². The highest BCUT2D eigenvalue weighted by Crippen LogP contribution is 2.13. The first kappa shape index (κ1) is 10.6. The van der Waals surface area contributed by atoms with Gasteiger partial charge in [0, 0.05) is 11.9 Å². The number of aromatic nitrogens is 1. The Labute approximate surface area is 87.1 Å². The van der Waals surface area contributed by atoms with E-state index in [9.17, 15) is 4.79 Å². The number of amides is 1. The minimum atomic E-state index is -0.297. The molecule has 0 saturated heterocycles. The molecule has 0 aromatic carbocycles. The van der Waals surface area contributed by atoms with Crippen LogP contribution in [0.4, 0.5) is 0 Å². The van der Waals surface area contributed by atoms with Crippen LogP contribution in [0.1, 0.15) is 16.8 Å². The van der Waals surface area contributed by atoms with E-state index in [1.54, 1.807) is 6.20 Å². The molecule has 0 radical (unpaired) electrons. The van der Waals surface area contributed by atoms with E-state index in [0.29, 0.717) is 5.56 Å². The van der Waals surface area contributed by atoms with Crippen LogP contribution in [0.15, 0.2) is 6.20 Å². The topological polar surface area (TPSA) is 57.8 Å². The maximum absolute atomic E-state index is 11.0. The molecule has 14 heavy (non-hydrogen) atoms. The van der Waals surface area contributed by atoms with E-state index in [2.05, 4.69) is 5.43 Å². The molecule has 0 aliphatic carbocycles. The van der Waals surface area contributed by atoms with Gasteiger partial charge in [-0.3, -0.25) is 14.9 Å². The second-order valence-electron chi connectivity index (χ2n) is 2.90. The van der Waals surface area contributed by atoms with Gasteiger partial charge in [-0.2, -0.15) is 5.26 Å². The van der Waals surface area contributed by atoms with Gasteiger partial charge in [0.25, 0.3) is 5.91 Å². The summed E-state index contributed by atoms with van der Waals surface area (Å²) >= 11 is 5.34. The van der Waals surface area contributed by atoms with Gasteiger partial charge in [0.2, 0.25) is 0 Å². The van der Waals surface area contributed by atoms with E-state index in [-0.39, 0.29) is 11.8 Å². The molecule has 1 amide bonds. The largest absolute Gasteiger partial charge is 0.272 e. The lowest BCUT2D eigenvalue weighted by Crippen LogP contribution is -2.23. The molecule has 1 heterocycles. The summed E-state index contributed by atoms with van der Waals surface area (Å²) in [4.78, 5) is 11.0. The third-order valence-electron chi connectivity index (χ3n) is 2.05. The van der Waals surface area contributed by atoms with Crippen LogP contribution in [0.3, 0.4) is 0 Å². The van der Waals surface area contributed by atoms with Crippen molar-refractivity contribution < 1.29 is 4.79 Å². The highest BCUT2D eigenvalue weighted by molar-refractivity contribution is 6.28. The lowest BCUT2D eigenvalue weighted by Gasteiger charge is -2.06. The number of rotatable bonds is 2. The van der Waals surface area contributed by atoms with Gasteiger partial charge < -0.3 is 0 Å². The monoisotopic (exact) mass is 211 g/mol. The van der Waals surface area contributed by atoms with Crippen LogP contribution in [0.25, 0.3) is 0 Å². The first-order valence-electron chi connectivity index (χ1n) is 4.04. The summed E-state index contributed by atoms with van der Waals surface area (Å²) in [6, 6.07) is 2.04. The Morgan fingerprint density at radius 3 is 2.79 bits per heavy atom. The van der Waals surface area contributed by atoms with Gasteiger partial charge in [0.15, 0.2) is 0 Å². The predicted octanol–water partition coefficient (Wildman–Crippen LogP) is 1.29. The number of hydrogen-bond donors (Lipinski definition) is 1. The quantitative estimate of drug-likeness (QED) is 0.750. The lowest BCUT2D eigenvalue weighted by molar-refractivity contribution is -0.114. The zero-order chi connectivity index (χ0) is 10.7. The number of nitriles is 1. The fourth-order valence-electron chi connectivity index (χ4n) is 1.09. The summed E-state index contributed by atoms with van der Waals surface area (Å²) in [7, 11) is 0. The number of halogens is 1. The van der Waals surface area contributed by atoms with Crippen molar-refractivity contribution in [1.82, 2.24) is 4.68 Å². The van der Waals surface area contributed by atoms with Crippen LogP contribution in [0.2, 0.25) is 0 Å². The van der Waals surface area contributed by atoms with Crippen molar-refractivity contribution in [2.24, 2.45) is 0 Å². The third kappa shape index (κ3) is 1.88. The molecule has 0 atom stereocenters. The smallest absolute Gasteiger partial charge is 0.253 e. The van der Waals surface area contributed by atoms with E-state index in [1.807, 2.05) is 19.9 Å². The molecular weight excluding hydrogens is 202 g/mol. The van der Waals surface area contributed by atoms with Crippen molar-refractivity contribution >= 4 is 17.5 Å². The van der Waals surface area contributed by atoms with Gasteiger partial charge in [0.05, 0.1) is 5.56 Å². The Morgan fingerprint density at radius 2 is 2.36 bits per heavy atom. The summed E-state index contributed by atoms with van der Waals surface area (Å²) in [5.41, 5.74) is 4.80. The van der Waals surface area contributed by atoms with Crippen LogP contribution in [0.5, 0.6) is 0 Å². The Kier molecular flexibility index (Phi) is 3.15. The van der Waals surface area contributed by atoms with Gasteiger partial charge in [-0.05, 0) is 19.4 Å². The van der Waals surface area contributed by atoms with Crippen LogP contribution >= 0.6 is 11.6 Å². The summed E-state index contributed by atoms with van der Waals surface area (Å²) in [5.74, 6) is -0.396. The maximum atomic E-state index is 11.0. The molecule has 0 unspecified atom stereocenters. The molecule has 1 aromatic heterocycles. The third-order valence-corrected chi connectivity index (χ3v) is 2.30.